The summed E-state index contributed by atoms with van der Waals surface area (Å²) in [5.41, 5.74) is -2.69. The van der Waals surface area contributed by atoms with Crippen LogP contribution in [-0.4, -0.2) is 38.2 Å². The molecular formula is C22H19F3N4O3. The normalized spacial score (nSPS) is 14.0. The Kier molecular flexibility index (Phi) is 5.68. The van der Waals surface area contributed by atoms with Gasteiger partial charge in [-0.25, -0.2) is 4.79 Å². The fourth-order valence-electron chi connectivity index (χ4n) is 3.62. The van der Waals surface area contributed by atoms with E-state index in [9.17, 15) is 27.6 Å². The molecule has 0 atom stereocenters. The van der Waals surface area contributed by atoms with Gasteiger partial charge in [0.05, 0.1) is 17.8 Å². The highest BCUT2D eigenvalue weighted by atomic mass is 19.4. The van der Waals surface area contributed by atoms with Gasteiger partial charge < -0.3 is 4.90 Å². The number of carbonyl (C=O) groups excluding carboxylic acids is 1. The van der Waals surface area contributed by atoms with Crippen LogP contribution in [0.3, 0.4) is 0 Å². The van der Waals surface area contributed by atoms with E-state index in [-0.39, 0.29) is 5.56 Å². The van der Waals surface area contributed by atoms with E-state index in [1.807, 2.05) is 0 Å². The molecule has 0 N–H and O–H groups in total. The van der Waals surface area contributed by atoms with E-state index in [0.717, 1.165) is 34.2 Å². The first-order valence-electron chi connectivity index (χ1n) is 10.0. The van der Waals surface area contributed by atoms with E-state index in [2.05, 4.69) is 5.10 Å². The van der Waals surface area contributed by atoms with Crippen LogP contribution in [0, 0.1) is 0 Å². The lowest BCUT2D eigenvalue weighted by molar-refractivity contribution is -0.137. The second-order valence-corrected chi connectivity index (χ2v) is 7.47. The Morgan fingerprint density at radius 2 is 1.66 bits per heavy atom. The number of halogens is 3. The topological polar surface area (TPSA) is 77.2 Å². The number of rotatable bonds is 4. The molecule has 2 heterocycles. The van der Waals surface area contributed by atoms with Gasteiger partial charge in [-0.05, 0) is 42.7 Å². The average molecular weight is 444 g/mol. The number of para-hydroxylation sites is 1. The van der Waals surface area contributed by atoms with Crippen LogP contribution < -0.4 is 11.2 Å². The standard InChI is InChI=1S/C22H19F3N4O3/c23-22(24,25)16-8-6-7-15(13-16)14-28-20(31)18(19(30)27-11-4-5-12-27)26-29(21(28)32)17-9-2-1-3-10-17/h1-3,6-10,13H,4-5,11-12,14H2. The molecule has 1 fully saturated rings. The lowest BCUT2D eigenvalue weighted by Crippen LogP contribution is -2.46. The molecule has 0 unspecified atom stereocenters. The average Bonchev–Trinajstić information content (AvgIpc) is 3.32. The smallest absolute Gasteiger partial charge is 0.337 e. The largest absolute Gasteiger partial charge is 0.416 e. The fraction of sp³-hybridized carbons (Fsp3) is 0.273. The number of likely N-dealkylation sites (tertiary alicyclic amines) is 1. The number of benzene rings is 2. The first-order valence-corrected chi connectivity index (χ1v) is 10.0. The molecule has 0 radical (unpaired) electrons. The van der Waals surface area contributed by atoms with Gasteiger partial charge in [0.25, 0.3) is 11.5 Å². The summed E-state index contributed by atoms with van der Waals surface area (Å²) in [6.07, 6.45) is -2.98. The molecule has 10 heteroatoms. The Morgan fingerprint density at radius 3 is 2.31 bits per heavy atom. The number of amides is 1. The molecule has 166 valence electrons. The van der Waals surface area contributed by atoms with Crippen LogP contribution in [0.4, 0.5) is 13.2 Å². The van der Waals surface area contributed by atoms with Crippen molar-refractivity contribution >= 4 is 5.91 Å². The highest BCUT2D eigenvalue weighted by molar-refractivity contribution is 5.92. The van der Waals surface area contributed by atoms with Crippen LogP contribution in [-0.2, 0) is 12.7 Å². The summed E-state index contributed by atoms with van der Waals surface area (Å²) < 4.78 is 41.0. The predicted molar refractivity (Wildman–Crippen MR) is 110 cm³/mol. The van der Waals surface area contributed by atoms with Crippen molar-refractivity contribution in [2.75, 3.05) is 13.1 Å². The fourth-order valence-corrected chi connectivity index (χ4v) is 3.62. The van der Waals surface area contributed by atoms with Crippen molar-refractivity contribution < 1.29 is 18.0 Å². The summed E-state index contributed by atoms with van der Waals surface area (Å²) in [5.74, 6) is -0.602. The molecule has 1 aliphatic heterocycles. The minimum Gasteiger partial charge on any atom is -0.337 e. The van der Waals surface area contributed by atoms with Gasteiger partial charge in [-0.3, -0.25) is 14.2 Å². The monoisotopic (exact) mass is 444 g/mol. The maximum atomic E-state index is 13.1. The summed E-state index contributed by atoms with van der Waals surface area (Å²) in [4.78, 5) is 40.6. The van der Waals surface area contributed by atoms with Crippen molar-refractivity contribution in [2.45, 2.75) is 25.6 Å². The molecule has 4 rings (SSSR count). The molecule has 0 saturated carbocycles. The third kappa shape index (κ3) is 4.20. The van der Waals surface area contributed by atoms with Crippen molar-refractivity contribution in [3.05, 3.63) is 92.3 Å². The zero-order chi connectivity index (χ0) is 22.9. The molecule has 0 spiro atoms. The summed E-state index contributed by atoms with van der Waals surface area (Å²) in [6, 6.07) is 12.6. The minimum atomic E-state index is -4.57. The Labute approximate surface area is 180 Å². The van der Waals surface area contributed by atoms with Gasteiger partial charge in [0, 0.05) is 13.1 Å². The predicted octanol–water partition coefficient (Wildman–Crippen LogP) is 2.70. The second-order valence-electron chi connectivity index (χ2n) is 7.47. The van der Waals surface area contributed by atoms with Crippen molar-refractivity contribution in [3.63, 3.8) is 0 Å². The summed E-state index contributed by atoms with van der Waals surface area (Å²) in [7, 11) is 0. The molecule has 32 heavy (non-hydrogen) atoms. The lowest BCUT2D eigenvalue weighted by atomic mass is 10.1. The highest BCUT2D eigenvalue weighted by Crippen LogP contribution is 2.29. The van der Waals surface area contributed by atoms with E-state index >= 15 is 0 Å². The van der Waals surface area contributed by atoms with E-state index in [4.69, 9.17) is 0 Å². The number of alkyl halides is 3. The maximum absolute atomic E-state index is 13.1. The SMILES string of the molecule is O=C(c1nn(-c2ccccc2)c(=O)n(Cc2cccc(C(F)(F)F)c2)c1=O)N1CCCC1. The molecule has 2 aromatic carbocycles. The van der Waals surface area contributed by atoms with Crippen molar-refractivity contribution in [1.82, 2.24) is 19.2 Å². The van der Waals surface area contributed by atoms with E-state index in [1.54, 1.807) is 30.3 Å². The minimum absolute atomic E-state index is 0.101. The Hall–Kier alpha value is -3.69. The van der Waals surface area contributed by atoms with Gasteiger partial charge >= 0.3 is 11.9 Å². The molecule has 7 nitrogen and oxygen atoms in total. The number of hydrogen-bond acceptors (Lipinski definition) is 4. The number of aromatic nitrogens is 3. The van der Waals surface area contributed by atoms with Crippen LogP contribution in [0.2, 0.25) is 0 Å². The Bertz CT molecular complexity index is 1260. The second kappa shape index (κ2) is 8.45. The van der Waals surface area contributed by atoms with Crippen LogP contribution in [0.15, 0.2) is 64.2 Å². The lowest BCUT2D eigenvalue weighted by Gasteiger charge is -2.17. The zero-order valence-electron chi connectivity index (χ0n) is 16.9. The highest BCUT2D eigenvalue weighted by Gasteiger charge is 2.31. The number of carbonyl (C=O) groups is 1. The molecule has 1 amide bonds. The van der Waals surface area contributed by atoms with Crippen molar-refractivity contribution in [2.24, 2.45) is 0 Å². The Balaban J connectivity index is 1.86. The van der Waals surface area contributed by atoms with Crippen molar-refractivity contribution in [1.29, 1.82) is 0 Å². The quantitative estimate of drug-likeness (QED) is 0.620. The molecule has 3 aromatic rings. The van der Waals surface area contributed by atoms with E-state index in [0.29, 0.717) is 18.8 Å². The van der Waals surface area contributed by atoms with Gasteiger partial charge in [-0.1, -0.05) is 30.3 Å². The van der Waals surface area contributed by atoms with Gasteiger partial charge in [-0.15, -0.1) is 0 Å². The first-order chi connectivity index (χ1) is 15.3. The zero-order valence-corrected chi connectivity index (χ0v) is 16.9. The number of nitrogens with zero attached hydrogens (tertiary/aromatic N) is 4. The van der Waals surface area contributed by atoms with Gasteiger partial charge in [0.15, 0.2) is 0 Å². The van der Waals surface area contributed by atoms with Gasteiger partial charge in [0.2, 0.25) is 5.69 Å². The summed E-state index contributed by atoms with van der Waals surface area (Å²) >= 11 is 0. The third-order valence-electron chi connectivity index (χ3n) is 5.25. The third-order valence-corrected chi connectivity index (χ3v) is 5.25. The van der Waals surface area contributed by atoms with E-state index in [1.165, 1.54) is 17.0 Å². The van der Waals surface area contributed by atoms with Gasteiger partial charge in [-0.2, -0.15) is 23.0 Å². The first kappa shape index (κ1) is 21.5. The molecule has 1 saturated heterocycles. The maximum Gasteiger partial charge on any atom is 0.416 e. The summed E-state index contributed by atoms with van der Waals surface area (Å²) in [5, 5.41) is 4.05. The molecule has 0 aliphatic carbocycles. The van der Waals surface area contributed by atoms with E-state index < -0.39 is 41.1 Å². The van der Waals surface area contributed by atoms with Crippen LogP contribution in [0.25, 0.3) is 5.69 Å². The summed E-state index contributed by atoms with van der Waals surface area (Å²) in [6.45, 7) is 0.507. The van der Waals surface area contributed by atoms with Crippen molar-refractivity contribution in [3.8, 4) is 5.69 Å². The van der Waals surface area contributed by atoms with Crippen LogP contribution in [0.5, 0.6) is 0 Å². The molecular weight excluding hydrogens is 425 g/mol. The van der Waals surface area contributed by atoms with Crippen LogP contribution in [0.1, 0.15) is 34.5 Å². The molecule has 1 aromatic heterocycles. The molecule has 1 aliphatic rings. The van der Waals surface area contributed by atoms with Crippen LogP contribution >= 0.6 is 0 Å². The Morgan fingerprint density at radius 1 is 0.969 bits per heavy atom. The number of hydrogen-bond donors (Lipinski definition) is 0. The van der Waals surface area contributed by atoms with Gasteiger partial charge in [0.1, 0.15) is 0 Å². The molecule has 0 bridgehead atoms.